The number of carbonyl (C=O) groups excluding carboxylic acids is 4. The van der Waals surface area contributed by atoms with E-state index in [9.17, 15) is 28.6 Å². The van der Waals surface area contributed by atoms with Crippen LogP contribution in [-0.4, -0.2) is 139 Å². The van der Waals surface area contributed by atoms with Crippen LogP contribution in [-0.2, 0) is 56.7 Å². The first-order valence-corrected chi connectivity index (χ1v) is 21.2. The number of ether oxygens (including phenoxy) is 6. The van der Waals surface area contributed by atoms with Gasteiger partial charge in [-0.15, -0.1) is 19.3 Å². The summed E-state index contributed by atoms with van der Waals surface area (Å²) in [6.07, 6.45) is 17.5. The number of terminal acetylenes is 3. The summed E-state index contributed by atoms with van der Waals surface area (Å²) in [5.41, 5.74) is -1.64. The normalized spacial score (nSPS) is 12.2. The molecule has 0 aliphatic rings. The van der Waals surface area contributed by atoms with E-state index in [0.29, 0.717) is 65.5 Å². The highest BCUT2D eigenvalue weighted by Crippen LogP contribution is 2.47. The molecule has 0 aromatic rings. The Hall–Kier alpha value is -3.33. The molecular weight excluding hydrogens is 761 g/mol. The lowest BCUT2D eigenvalue weighted by atomic mass is 9.82. The van der Waals surface area contributed by atoms with Gasteiger partial charge in [0, 0.05) is 57.3 Å². The lowest BCUT2D eigenvalue weighted by Crippen LogP contribution is -2.50. The average Bonchev–Trinajstić information content (AvgIpc) is 3.18. The fraction of sp³-hybridized carbons (Fsp3) is 0.750. The van der Waals surface area contributed by atoms with E-state index in [2.05, 4.69) is 33.7 Å². The summed E-state index contributed by atoms with van der Waals surface area (Å²) in [5, 5.41) is 8.67. The maximum Gasteiger partial charge on any atom is 0.330 e. The quantitative estimate of drug-likeness (QED) is 0.0400. The number of hydrogen-bond donors (Lipinski definition) is 4. The molecule has 4 N–H and O–H groups in total. The summed E-state index contributed by atoms with van der Waals surface area (Å²) in [7, 11) is -3.74. The molecule has 1 unspecified atom stereocenters. The highest BCUT2D eigenvalue weighted by atomic mass is 31.2. The molecule has 57 heavy (non-hydrogen) atoms. The molecule has 0 saturated heterocycles. The largest absolute Gasteiger partial charge is 0.379 e. The van der Waals surface area contributed by atoms with Gasteiger partial charge in [-0.25, -0.2) is 0 Å². The summed E-state index contributed by atoms with van der Waals surface area (Å²) < 4.78 is 49.2. The molecule has 17 heteroatoms. The van der Waals surface area contributed by atoms with Crippen molar-refractivity contribution in [3.63, 3.8) is 0 Å². The van der Waals surface area contributed by atoms with Gasteiger partial charge >= 0.3 is 7.60 Å². The van der Waals surface area contributed by atoms with Crippen molar-refractivity contribution < 1.29 is 61.6 Å². The Balaban J connectivity index is 5.62. The zero-order valence-electron chi connectivity index (χ0n) is 34.0. The van der Waals surface area contributed by atoms with Crippen LogP contribution in [0.15, 0.2) is 0 Å². The number of rotatable bonds is 39. The topological polar surface area (TPSA) is 206 Å². The van der Waals surface area contributed by atoms with E-state index in [1.807, 2.05) is 0 Å². The van der Waals surface area contributed by atoms with Gasteiger partial charge in [-0.1, -0.05) is 31.6 Å². The van der Waals surface area contributed by atoms with Crippen molar-refractivity contribution >= 4 is 31.1 Å². The molecule has 1 atom stereocenters. The van der Waals surface area contributed by atoms with Crippen LogP contribution in [0.4, 0.5) is 0 Å². The van der Waals surface area contributed by atoms with Crippen LogP contribution in [0.2, 0.25) is 0 Å². The third kappa shape index (κ3) is 32.3. The average molecular weight is 828 g/mol. The monoisotopic (exact) mass is 827 g/mol. The summed E-state index contributed by atoms with van der Waals surface area (Å²) >= 11 is 0. The maximum absolute atomic E-state index is 13.4. The minimum Gasteiger partial charge on any atom is -0.379 e. The number of hydrogen-bond acceptors (Lipinski definition) is 12. The SMILES string of the molecule is C#CCOCCOCCCC(=O)CCC(CCC(=O)NCCOCCOCC#C)(CCC(=O)NCCOCCOCC#C)NC(=O)CCCCOP(=O)(O)C(C)C. The van der Waals surface area contributed by atoms with Gasteiger partial charge in [-0.05, 0) is 38.5 Å². The molecule has 0 aromatic heterocycles. The number of amides is 3. The Morgan fingerprint density at radius 3 is 1.51 bits per heavy atom. The van der Waals surface area contributed by atoms with Gasteiger partial charge in [-0.3, -0.25) is 23.7 Å². The molecule has 324 valence electrons. The molecule has 0 aliphatic heterocycles. The highest BCUT2D eigenvalue weighted by Gasteiger charge is 2.33. The molecule has 0 rings (SSSR count). The second-order valence-electron chi connectivity index (χ2n) is 13.2. The smallest absolute Gasteiger partial charge is 0.330 e. The van der Waals surface area contributed by atoms with Crippen LogP contribution in [0.25, 0.3) is 0 Å². The highest BCUT2D eigenvalue weighted by molar-refractivity contribution is 7.53. The van der Waals surface area contributed by atoms with Crippen molar-refractivity contribution in [1.29, 1.82) is 0 Å². The standard InChI is InChI=1S/C40H66N3O13P/c1-6-22-50-29-32-53-25-11-12-36(44)14-17-40(18-15-37(45)41-20-27-54-33-30-51-23-7-2,19-16-38(46)42-21-28-55-34-31-52-24-8-3)43-39(47)13-9-10-26-56-57(48,49)35(4)5/h1-3,35H,9-34H2,4-5H3,(H,41,45)(H,42,46)(H,43,47)(H,48,49). The van der Waals surface area contributed by atoms with Crippen LogP contribution in [0.3, 0.4) is 0 Å². The third-order valence-corrected chi connectivity index (χ3v) is 10.1. The summed E-state index contributed by atoms with van der Waals surface area (Å²) in [6, 6.07) is 0. The van der Waals surface area contributed by atoms with Gasteiger partial charge in [-0.2, -0.15) is 0 Å². The number of nitrogens with one attached hydrogen (secondary N) is 3. The van der Waals surface area contributed by atoms with E-state index < -0.39 is 18.8 Å². The molecule has 0 heterocycles. The summed E-state index contributed by atoms with van der Waals surface area (Å²) in [6.45, 7) is 7.03. The van der Waals surface area contributed by atoms with E-state index in [1.54, 1.807) is 13.8 Å². The number of carbonyl (C=O) groups is 4. The zero-order valence-corrected chi connectivity index (χ0v) is 34.9. The Kier molecular flexibility index (Phi) is 33.7. The second kappa shape index (κ2) is 35.8. The van der Waals surface area contributed by atoms with E-state index in [-0.39, 0.29) is 128 Å². The summed E-state index contributed by atoms with van der Waals surface area (Å²) in [5.74, 6) is 6.12. The van der Waals surface area contributed by atoms with E-state index in [1.165, 1.54) is 0 Å². The molecule has 0 spiro atoms. The number of unbranched alkanes of at least 4 members (excludes halogenated alkanes) is 1. The molecule has 0 fully saturated rings. The molecule has 0 radical (unpaired) electrons. The van der Waals surface area contributed by atoms with Crippen molar-refractivity contribution in [2.45, 2.75) is 95.7 Å². The molecule has 16 nitrogen and oxygen atoms in total. The first kappa shape index (κ1) is 53.7. The number of Topliss-reactive ketones (excluding diaryl/α,β-unsaturated/α-hetero) is 1. The van der Waals surface area contributed by atoms with Crippen molar-refractivity contribution in [1.82, 2.24) is 16.0 Å². The van der Waals surface area contributed by atoms with Crippen molar-refractivity contribution in [3.05, 3.63) is 0 Å². The third-order valence-electron chi connectivity index (χ3n) is 8.23. The van der Waals surface area contributed by atoms with Crippen LogP contribution in [0.1, 0.15) is 84.5 Å². The first-order valence-electron chi connectivity index (χ1n) is 19.5. The van der Waals surface area contributed by atoms with E-state index >= 15 is 0 Å². The fourth-order valence-electron chi connectivity index (χ4n) is 4.99. The first-order chi connectivity index (χ1) is 27.4. The minimum atomic E-state index is -3.74. The molecule has 0 aliphatic carbocycles. The summed E-state index contributed by atoms with van der Waals surface area (Å²) in [4.78, 5) is 62.4. The Morgan fingerprint density at radius 2 is 1.04 bits per heavy atom. The van der Waals surface area contributed by atoms with E-state index in [0.717, 1.165) is 0 Å². The van der Waals surface area contributed by atoms with Crippen molar-refractivity contribution in [2.24, 2.45) is 0 Å². The van der Waals surface area contributed by atoms with Crippen LogP contribution in [0, 0.1) is 37.0 Å². The molecule has 0 bridgehead atoms. The number of ketones is 1. The van der Waals surface area contributed by atoms with Crippen LogP contribution >= 0.6 is 7.60 Å². The molecule has 3 amide bonds. The van der Waals surface area contributed by atoms with Gasteiger partial charge in [0.25, 0.3) is 0 Å². The van der Waals surface area contributed by atoms with Crippen molar-refractivity contribution in [3.8, 4) is 37.0 Å². The van der Waals surface area contributed by atoms with E-state index in [4.69, 9.17) is 52.2 Å². The van der Waals surface area contributed by atoms with Gasteiger partial charge in [0.1, 0.15) is 25.6 Å². The molecule has 0 saturated carbocycles. The van der Waals surface area contributed by atoms with Crippen LogP contribution < -0.4 is 16.0 Å². The van der Waals surface area contributed by atoms with Gasteiger partial charge in [0.05, 0.1) is 65.1 Å². The second-order valence-corrected chi connectivity index (χ2v) is 15.6. The predicted octanol–water partition coefficient (Wildman–Crippen LogP) is 2.54. The minimum absolute atomic E-state index is 0.00136. The zero-order chi connectivity index (χ0) is 42.5. The van der Waals surface area contributed by atoms with Gasteiger partial charge in [0.2, 0.25) is 17.7 Å². The van der Waals surface area contributed by atoms with Crippen molar-refractivity contribution in [2.75, 3.05) is 99.0 Å². The lowest BCUT2D eigenvalue weighted by Gasteiger charge is -2.35. The predicted molar refractivity (Wildman–Crippen MR) is 215 cm³/mol. The van der Waals surface area contributed by atoms with Crippen LogP contribution in [0.5, 0.6) is 0 Å². The Bertz CT molecular complexity index is 1180. The Morgan fingerprint density at radius 1 is 0.579 bits per heavy atom. The maximum atomic E-state index is 13.4. The van der Waals surface area contributed by atoms with Gasteiger partial charge < -0.3 is 53.8 Å². The Labute approximate surface area is 339 Å². The lowest BCUT2D eigenvalue weighted by molar-refractivity contribution is -0.127. The molecule has 0 aromatic carbocycles. The fourth-order valence-corrected chi connectivity index (χ4v) is 5.68. The molecular formula is C40H66N3O13P. The van der Waals surface area contributed by atoms with Gasteiger partial charge in [0.15, 0.2) is 0 Å².